The van der Waals surface area contributed by atoms with Gasteiger partial charge in [0.05, 0.1) is 22.3 Å². The lowest BCUT2D eigenvalue weighted by Crippen LogP contribution is -2.14. The first-order valence-electron chi connectivity index (χ1n) is 7.05. The van der Waals surface area contributed by atoms with Gasteiger partial charge in [-0.1, -0.05) is 0 Å². The fourth-order valence-corrected chi connectivity index (χ4v) is 2.19. The van der Waals surface area contributed by atoms with Gasteiger partial charge in [0.1, 0.15) is 11.3 Å². The lowest BCUT2D eigenvalue weighted by atomic mass is 10.1. The quantitative estimate of drug-likeness (QED) is 0.259. The molecule has 0 bridgehead atoms. The smallest absolute Gasteiger partial charge is 0.417 e. The van der Waals surface area contributed by atoms with E-state index in [2.05, 4.69) is 10.1 Å². The van der Waals surface area contributed by atoms with E-state index >= 15 is 0 Å². The highest BCUT2D eigenvalue weighted by Gasteiger charge is 2.25. The summed E-state index contributed by atoms with van der Waals surface area (Å²) in [5.41, 5.74) is -2.57. The molecule has 25 heavy (non-hydrogen) atoms. The number of nitro benzene ring substituents is 1. The summed E-state index contributed by atoms with van der Waals surface area (Å²) in [6.07, 6.45) is 0.345. The number of nitrogens with one attached hydrogen (secondary N) is 1. The maximum Gasteiger partial charge on any atom is 0.417 e. The SMILES string of the molecule is COC(=O)CCCNc1c([N+](=O)[O-])c(=O)oc2ccc([N+](=O)[O-])cc12. The van der Waals surface area contributed by atoms with E-state index in [4.69, 9.17) is 4.42 Å². The molecule has 0 aliphatic carbocycles. The molecule has 0 saturated heterocycles. The van der Waals surface area contributed by atoms with Crippen LogP contribution in [0.4, 0.5) is 17.1 Å². The van der Waals surface area contributed by atoms with Crippen molar-refractivity contribution in [2.45, 2.75) is 12.8 Å². The first-order valence-corrected chi connectivity index (χ1v) is 7.05. The Morgan fingerprint density at radius 1 is 1.28 bits per heavy atom. The number of carbonyl (C=O) groups is 1. The van der Waals surface area contributed by atoms with Crippen molar-refractivity contribution < 1.29 is 23.8 Å². The van der Waals surface area contributed by atoms with Crippen LogP contribution in [0.25, 0.3) is 11.0 Å². The van der Waals surface area contributed by atoms with E-state index in [9.17, 15) is 29.8 Å². The third-order valence-corrected chi connectivity index (χ3v) is 3.35. The Kier molecular flexibility index (Phi) is 5.27. The number of nitrogens with zero attached hydrogens (tertiary/aromatic N) is 2. The van der Waals surface area contributed by atoms with Gasteiger partial charge >= 0.3 is 17.3 Å². The van der Waals surface area contributed by atoms with Crippen LogP contribution in [-0.4, -0.2) is 29.5 Å². The number of carbonyl (C=O) groups excluding carboxylic acids is 1. The van der Waals surface area contributed by atoms with Gasteiger partial charge in [0.2, 0.25) is 0 Å². The minimum Gasteiger partial charge on any atom is -0.469 e. The maximum atomic E-state index is 11.8. The van der Waals surface area contributed by atoms with Crippen LogP contribution in [0.5, 0.6) is 0 Å². The number of benzene rings is 1. The number of ether oxygens (including phenoxy) is 1. The number of fused-ring (bicyclic) bond motifs is 1. The maximum absolute atomic E-state index is 11.8. The highest BCUT2D eigenvalue weighted by Crippen LogP contribution is 2.32. The highest BCUT2D eigenvalue weighted by molar-refractivity contribution is 5.95. The van der Waals surface area contributed by atoms with Gasteiger partial charge in [0.15, 0.2) is 0 Å². The van der Waals surface area contributed by atoms with Crippen LogP contribution in [0.2, 0.25) is 0 Å². The van der Waals surface area contributed by atoms with Crippen LogP contribution in [0, 0.1) is 20.2 Å². The van der Waals surface area contributed by atoms with Gasteiger partial charge < -0.3 is 14.5 Å². The van der Waals surface area contributed by atoms with Crippen LogP contribution in [0.1, 0.15) is 12.8 Å². The molecular weight excluding hydrogens is 338 g/mol. The van der Waals surface area contributed by atoms with Crippen molar-refractivity contribution in [3.8, 4) is 0 Å². The topological polar surface area (TPSA) is 155 Å². The number of non-ortho nitro benzene ring substituents is 1. The number of anilines is 1. The van der Waals surface area contributed by atoms with Gasteiger partial charge in [-0.25, -0.2) is 4.79 Å². The van der Waals surface area contributed by atoms with E-state index in [1.165, 1.54) is 13.2 Å². The summed E-state index contributed by atoms with van der Waals surface area (Å²) in [6.45, 7) is 0.108. The van der Waals surface area contributed by atoms with E-state index in [1.807, 2.05) is 0 Å². The van der Waals surface area contributed by atoms with E-state index < -0.39 is 27.1 Å². The van der Waals surface area contributed by atoms with E-state index in [-0.39, 0.29) is 41.7 Å². The Balaban J connectivity index is 2.48. The number of methoxy groups -OCH3 is 1. The molecule has 1 aromatic carbocycles. The molecule has 0 aliphatic rings. The summed E-state index contributed by atoms with van der Waals surface area (Å²) in [7, 11) is 1.23. The zero-order valence-electron chi connectivity index (χ0n) is 13.0. The minimum absolute atomic E-state index is 0.0265. The van der Waals surface area contributed by atoms with E-state index in [0.717, 1.165) is 12.1 Å². The molecule has 11 nitrogen and oxygen atoms in total. The molecule has 0 aliphatic heterocycles. The van der Waals surface area contributed by atoms with Crippen molar-refractivity contribution in [2.24, 2.45) is 0 Å². The lowest BCUT2D eigenvalue weighted by Gasteiger charge is -2.09. The normalized spacial score (nSPS) is 10.4. The fourth-order valence-electron chi connectivity index (χ4n) is 2.19. The first kappa shape index (κ1) is 17.8. The van der Waals surface area contributed by atoms with Gasteiger partial charge in [0.25, 0.3) is 5.69 Å². The fraction of sp³-hybridized carbons (Fsp3) is 0.286. The summed E-state index contributed by atoms with van der Waals surface area (Å²) in [4.78, 5) is 43.4. The molecule has 0 saturated carbocycles. The molecular formula is C14H13N3O8. The zero-order valence-corrected chi connectivity index (χ0v) is 13.0. The van der Waals surface area contributed by atoms with Gasteiger partial charge in [-0.05, 0) is 12.5 Å². The predicted octanol–water partition coefficient (Wildman–Crippen LogP) is 1.97. The van der Waals surface area contributed by atoms with Gasteiger partial charge in [-0.3, -0.25) is 25.0 Å². The summed E-state index contributed by atoms with van der Waals surface area (Å²) >= 11 is 0. The summed E-state index contributed by atoms with van der Waals surface area (Å²) < 4.78 is 9.34. The number of hydrogen-bond acceptors (Lipinski definition) is 9. The molecule has 0 radical (unpaired) electrons. The minimum atomic E-state index is -1.18. The molecule has 0 spiro atoms. The third kappa shape index (κ3) is 3.88. The lowest BCUT2D eigenvalue weighted by molar-refractivity contribution is -0.386. The second kappa shape index (κ2) is 7.38. The van der Waals surface area contributed by atoms with Crippen LogP contribution >= 0.6 is 0 Å². The Morgan fingerprint density at radius 3 is 2.60 bits per heavy atom. The van der Waals surface area contributed by atoms with Gasteiger partial charge in [-0.15, -0.1) is 0 Å². The van der Waals surface area contributed by atoms with E-state index in [1.54, 1.807) is 0 Å². The molecule has 1 N–H and O–H groups in total. The molecule has 2 aromatic rings. The molecule has 0 unspecified atom stereocenters. The van der Waals surface area contributed by atoms with Crippen molar-refractivity contribution in [3.05, 3.63) is 48.8 Å². The highest BCUT2D eigenvalue weighted by atomic mass is 16.6. The summed E-state index contributed by atoms with van der Waals surface area (Å²) in [6, 6.07) is 3.39. The molecule has 0 amide bonds. The molecule has 1 aromatic heterocycles. The molecule has 1 heterocycles. The average molecular weight is 351 g/mol. The van der Waals surface area contributed by atoms with Crippen molar-refractivity contribution in [1.82, 2.24) is 0 Å². The average Bonchev–Trinajstić information content (AvgIpc) is 2.56. The molecule has 132 valence electrons. The van der Waals surface area contributed by atoms with Crippen LogP contribution in [0.15, 0.2) is 27.4 Å². The Morgan fingerprint density at radius 2 is 2.00 bits per heavy atom. The van der Waals surface area contributed by atoms with Crippen LogP contribution in [0.3, 0.4) is 0 Å². The van der Waals surface area contributed by atoms with Gasteiger partial charge in [0, 0.05) is 25.1 Å². The van der Waals surface area contributed by atoms with Crippen molar-refractivity contribution in [2.75, 3.05) is 19.0 Å². The zero-order chi connectivity index (χ0) is 18.6. The van der Waals surface area contributed by atoms with Crippen LogP contribution in [-0.2, 0) is 9.53 Å². The molecule has 11 heteroatoms. The Bertz CT molecular complexity index is 905. The monoisotopic (exact) mass is 351 g/mol. The summed E-state index contributed by atoms with van der Waals surface area (Å²) in [5.74, 6) is -0.454. The molecule has 2 rings (SSSR count). The Hall–Kier alpha value is -3.50. The second-order valence-corrected chi connectivity index (χ2v) is 4.91. The van der Waals surface area contributed by atoms with Gasteiger partial charge in [-0.2, -0.15) is 0 Å². The van der Waals surface area contributed by atoms with Crippen LogP contribution < -0.4 is 10.9 Å². The van der Waals surface area contributed by atoms with Crippen molar-refractivity contribution in [1.29, 1.82) is 0 Å². The molecule has 0 atom stereocenters. The summed E-state index contributed by atoms with van der Waals surface area (Å²) in [5, 5.41) is 24.8. The number of hydrogen-bond donors (Lipinski definition) is 1. The number of nitro groups is 2. The third-order valence-electron chi connectivity index (χ3n) is 3.35. The number of rotatable bonds is 7. The Labute approximate surface area is 139 Å². The predicted molar refractivity (Wildman–Crippen MR) is 85.5 cm³/mol. The van der Waals surface area contributed by atoms with Crippen molar-refractivity contribution >= 4 is 34.0 Å². The standard InChI is InChI=1S/C14H13N3O8/c1-24-11(18)3-2-6-15-12-9-7-8(16(20)21)4-5-10(9)25-14(19)13(12)17(22)23/h4-5,7,15H,2-3,6H2,1H3. The van der Waals surface area contributed by atoms with Crippen molar-refractivity contribution in [3.63, 3.8) is 0 Å². The first-order chi connectivity index (χ1) is 11.8. The molecule has 0 fully saturated rings. The largest absolute Gasteiger partial charge is 0.469 e. The van der Waals surface area contributed by atoms with E-state index in [0.29, 0.717) is 0 Å². The second-order valence-electron chi connectivity index (χ2n) is 4.91. The number of esters is 1.